The first-order valence-electron chi connectivity index (χ1n) is 6.42. The van der Waals surface area contributed by atoms with Gasteiger partial charge in [0.1, 0.15) is 5.92 Å². The number of nitro groups is 1. The average Bonchev–Trinajstić information content (AvgIpc) is 2.51. The molecule has 0 saturated heterocycles. The number of benzene rings is 1. The van der Waals surface area contributed by atoms with E-state index in [4.69, 9.17) is 10.7 Å². The van der Waals surface area contributed by atoms with Crippen LogP contribution >= 0.6 is 0 Å². The van der Waals surface area contributed by atoms with Crippen molar-refractivity contribution in [2.45, 2.75) is 6.92 Å². The van der Waals surface area contributed by atoms with Crippen LogP contribution in [0, 0.1) is 32.8 Å². The number of ether oxygens (including phenoxy) is 1. The molecule has 0 bridgehead atoms. The van der Waals surface area contributed by atoms with Crippen LogP contribution in [0.15, 0.2) is 30.3 Å². The maximum absolute atomic E-state index is 11.6. The van der Waals surface area contributed by atoms with Crippen molar-refractivity contribution >= 4 is 29.2 Å². The van der Waals surface area contributed by atoms with Crippen molar-refractivity contribution in [2.75, 3.05) is 6.61 Å². The van der Waals surface area contributed by atoms with Gasteiger partial charge in [0.2, 0.25) is 0 Å². The summed E-state index contributed by atoms with van der Waals surface area (Å²) < 4.78 is 4.69. The molecule has 0 aliphatic carbocycles. The highest BCUT2D eigenvalue weighted by molar-refractivity contribution is 6.06. The largest absolute Gasteiger partial charge is 0.454 e. The first-order valence-corrected chi connectivity index (χ1v) is 6.42. The Bertz CT molecular complexity index is 701. The van der Waals surface area contributed by atoms with Gasteiger partial charge in [-0.3, -0.25) is 14.9 Å². The molecular weight excluding hydrogens is 302 g/mol. The highest BCUT2D eigenvalue weighted by atomic mass is 16.6. The van der Waals surface area contributed by atoms with Crippen molar-refractivity contribution in [3.8, 4) is 6.07 Å². The molecule has 1 atom stereocenters. The molecule has 1 aromatic rings. The molecule has 1 rings (SSSR count). The van der Waals surface area contributed by atoms with Crippen molar-refractivity contribution in [2.24, 2.45) is 5.92 Å². The molecule has 1 aromatic carbocycles. The Labute approximate surface area is 131 Å². The fraction of sp³-hybridized carbons (Fsp3) is 0.200. The summed E-state index contributed by atoms with van der Waals surface area (Å²) >= 11 is 0. The second kappa shape index (κ2) is 8.19. The standard InChI is InChI=1S/C15H13N3O5/c1-10(17)13(8-16)14(19)9-23-15(20)7-4-11-2-5-12(6-3-11)18(21)22/h2-7,13,17H,9H2,1H3/b7-4+,17-10?. The number of nitrogens with one attached hydrogen (secondary N) is 1. The maximum atomic E-state index is 11.6. The Balaban J connectivity index is 2.56. The summed E-state index contributed by atoms with van der Waals surface area (Å²) in [4.78, 5) is 33.0. The number of ketones is 1. The van der Waals surface area contributed by atoms with Crippen molar-refractivity contribution in [1.29, 1.82) is 10.7 Å². The highest BCUT2D eigenvalue weighted by Gasteiger charge is 2.20. The van der Waals surface area contributed by atoms with E-state index in [0.717, 1.165) is 6.08 Å². The molecule has 0 amide bonds. The molecule has 0 aromatic heterocycles. The molecule has 0 fully saturated rings. The highest BCUT2D eigenvalue weighted by Crippen LogP contribution is 2.12. The van der Waals surface area contributed by atoms with Gasteiger partial charge in [0, 0.05) is 23.9 Å². The Kier molecular flexibility index (Phi) is 6.30. The van der Waals surface area contributed by atoms with Crippen LogP contribution in [0.1, 0.15) is 12.5 Å². The first kappa shape index (κ1) is 17.7. The van der Waals surface area contributed by atoms with Crippen molar-refractivity contribution in [1.82, 2.24) is 0 Å². The number of nitriles is 1. The smallest absolute Gasteiger partial charge is 0.331 e. The SMILES string of the molecule is CC(=N)C(C#N)C(=O)COC(=O)/C=C/c1ccc([N+](=O)[O-])cc1. The lowest BCUT2D eigenvalue weighted by molar-refractivity contribution is -0.384. The van der Waals surface area contributed by atoms with Gasteiger partial charge in [0.15, 0.2) is 12.4 Å². The molecule has 8 heteroatoms. The molecule has 0 saturated carbocycles. The summed E-state index contributed by atoms with van der Waals surface area (Å²) in [7, 11) is 0. The van der Waals surface area contributed by atoms with Crippen LogP contribution in [-0.2, 0) is 14.3 Å². The Morgan fingerprint density at radius 1 is 1.43 bits per heavy atom. The summed E-state index contributed by atoms with van der Waals surface area (Å²) in [5.74, 6) is -2.69. The minimum absolute atomic E-state index is 0.0696. The van der Waals surface area contributed by atoms with Gasteiger partial charge in [-0.15, -0.1) is 0 Å². The van der Waals surface area contributed by atoms with E-state index < -0.39 is 29.2 Å². The zero-order chi connectivity index (χ0) is 17.4. The summed E-state index contributed by atoms with van der Waals surface area (Å²) in [6.07, 6.45) is 2.44. The quantitative estimate of drug-likeness (QED) is 0.268. The molecule has 0 heterocycles. The predicted octanol–water partition coefficient (Wildman–Crippen LogP) is 1.90. The molecule has 0 radical (unpaired) electrons. The lowest BCUT2D eigenvalue weighted by atomic mass is 10.0. The van der Waals surface area contributed by atoms with E-state index in [9.17, 15) is 19.7 Å². The predicted molar refractivity (Wildman–Crippen MR) is 80.6 cm³/mol. The van der Waals surface area contributed by atoms with Gasteiger partial charge in [0.05, 0.1) is 11.0 Å². The van der Waals surface area contributed by atoms with Gasteiger partial charge in [-0.2, -0.15) is 5.26 Å². The number of hydrogen-bond donors (Lipinski definition) is 1. The number of Topliss-reactive ketones (excluding diaryl/α,β-unsaturated/α-hetero) is 1. The van der Waals surface area contributed by atoms with Crippen LogP contribution in [0.25, 0.3) is 6.08 Å². The van der Waals surface area contributed by atoms with E-state index in [0.29, 0.717) is 5.56 Å². The topological polar surface area (TPSA) is 134 Å². The number of nitro benzene ring substituents is 1. The zero-order valence-corrected chi connectivity index (χ0v) is 12.2. The third-order valence-electron chi connectivity index (χ3n) is 2.76. The summed E-state index contributed by atoms with van der Waals surface area (Å²) in [6.45, 7) is 0.722. The number of rotatable bonds is 7. The number of carbonyl (C=O) groups excluding carboxylic acids is 2. The van der Waals surface area contributed by atoms with E-state index in [1.54, 1.807) is 6.07 Å². The molecular formula is C15H13N3O5. The van der Waals surface area contributed by atoms with Crippen LogP contribution in [0.5, 0.6) is 0 Å². The maximum Gasteiger partial charge on any atom is 0.331 e. The third-order valence-corrected chi connectivity index (χ3v) is 2.76. The average molecular weight is 315 g/mol. The van der Waals surface area contributed by atoms with E-state index >= 15 is 0 Å². The van der Waals surface area contributed by atoms with Gasteiger partial charge < -0.3 is 10.1 Å². The van der Waals surface area contributed by atoms with E-state index in [-0.39, 0.29) is 11.4 Å². The van der Waals surface area contributed by atoms with E-state index in [1.165, 1.54) is 37.3 Å². The van der Waals surface area contributed by atoms with Crippen molar-refractivity contribution < 1.29 is 19.2 Å². The molecule has 0 aliphatic rings. The second-order valence-corrected chi connectivity index (χ2v) is 4.50. The number of non-ortho nitro benzene ring substituents is 1. The van der Waals surface area contributed by atoms with Gasteiger partial charge in [-0.1, -0.05) is 0 Å². The van der Waals surface area contributed by atoms with Gasteiger partial charge in [-0.25, -0.2) is 4.79 Å². The lowest BCUT2D eigenvalue weighted by Crippen LogP contribution is -2.25. The van der Waals surface area contributed by atoms with Crippen molar-refractivity contribution in [3.05, 3.63) is 46.0 Å². The minimum Gasteiger partial charge on any atom is -0.454 e. The summed E-state index contributed by atoms with van der Waals surface area (Å²) in [5, 5.41) is 26.5. The molecule has 0 aliphatic heterocycles. The molecule has 0 spiro atoms. The van der Waals surface area contributed by atoms with Crippen LogP contribution in [-0.4, -0.2) is 29.0 Å². The van der Waals surface area contributed by atoms with E-state index in [2.05, 4.69) is 4.74 Å². The normalized spacial score (nSPS) is 11.5. The first-order chi connectivity index (χ1) is 10.8. The lowest BCUT2D eigenvalue weighted by Gasteiger charge is -2.05. The van der Waals surface area contributed by atoms with Crippen LogP contribution in [0.2, 0.25) is 0 Å². The summed E-state index contributed by atoms with van der Waals surface area (Å²) in [5.41, 5.74) is 0.360. The third kappa shape index (κ3) is 5.51. The zero-order valence-electron chi connectivity index (χ0n) is 12.2. The summed E-state index contributed by atoms with van der Waals surface area (Å²) in [6, 6.07) is 7.15. The van der Waals surface area contributed by atoms with Gasteiger partial charge in [0.25, 0.3) is 5.69 Å². The fourth-order valence-electron chi connectivity index (χ4n) is 1.56. The Morgan fingerprint density at radius 2 is 2.04 bits per heavy atom. The van der Waals surface area contributed by atoms with Crippen molar-refractivity contribution in [3.63, 3.8) is 0 Å². The second-order valence-electron chi connectivity index (χ2n) is 4.50. The molecule has 23 heavy (non-hydrogen) atoms. The van der Waals surface area contributed by atoms with Crippen LogP contribution in [0.4, 0.5) is 5.69 Å². The van der Waals surface area contributed by atoms with Crippen LogP contribution in [0.3, 0.4) is 0 Å². The minimum atomic E-state index is -1.22. The Hall–Kier alpha value is -3.34. The Morgan fingerprint density at radius 3 is 2.52 bits per heavy atom. The molecule has 8 nitrogen and oxygen atoms in total. The van der Waals surface area contributed by atoms with Gasteiger partial charge in [-0.05, 0) is 30.7 Å². The number of hydrogen-bond acceptors (Lipinski definition) is 7. The number of carbonyl (C=O) groups is 2. The van der Waals surface area contributed by atoms with E-state index in [1.807, 2.05) is 0 Å². The van der Waals surface area contributed by atoms with Gasteiger partial charge >= 0.3 is 5.97 Å². The molecule has 1 N–H and O–H groups in total. The fourth-order valence-corrected chi connectivity index (χ4v) is 1.56. The number of nitrogens with zero attached hydrogens (tertiary/aromatic N) is 2. The monoisotopic (exact) mass is 315 g/mol. The van der Waals surface area contributed by atoms with Crippen LogP contribution < -0.4 is 0 Å². The molecule has 1 unspecified atom stereocenters. The molecule has 118 valence electrons. The number of esters is 1.